The number of alkyl halides is 1. The Bertz CT molecular complexity index is 88.2. The summed E-state index contributed by atoms with van der Waals surface area (Å²) in [5.41, 5.74) is 2.83. The van der Waals surface area contributed by atoms with Crippen LogP contribution in [0.4, 0.5) is 0 Å². The molecule has 3 N–H and O–H groups in total. The minimum absolute atomic E-state index is 0.429. The van der Waals surface area contributed by atoms with Gasteiger partial charge in [-0.3, -0.25) is 11.3 Å². The highest BCUT2D eigenvalue weighted by Gasteiger charge is 2.12. The van der Waals surface area contributed by atoms with Gasteiger partial charge in [0.15, 0.2) is 0 Å². The van der Waals surface area contributed by atoms with Crippen molar-refractivity contribution in [2.45, 2.75) is 39.2 Å². The second-order valence-electron chi connectivity index (χ2n) is 2.99. The molecule has 0 bridgehead atoms. The Hall–Kier alpha value is 0.210. The predicted molar refractivity (Wildman–Crippen MR) is 50.5 cm³/mol. The van der Waals surface area contributed by atoms with Gasteiger partial charge in [0, 0.05) is 11.9 Å². The van der Waals surface area contributed by atoms with Gasteiger partial charge in [-0.25, -0.2) is 0 Å². The van der Waals surface area contributed by atoms with Gasteiger partial charge in [-0.1, -0.05) is 20.3 Å². The molecular formula is C8H19ClN2. The molecule has 0 amide bonds. The molecule has 11 heavy (non-hydrogen) atoms. The summed E-state index contributed by atoms with van der Waals surface area (Å²) in [4.78, 5) is 0. The summed E-state index contributed by atoms with van der Waals surface area (Å²) in [7, 11) is 0. The average Bonchev–Trinajstić information content (AvgIpc) is 2.05. The number of hydrogen-bond donors (Lipinski definition) is 2. The fourth-order valence-corrected chi connectivity index (χ4v) is 1.27. The molecule has 0 spiro atoms. The lowest BCUT2D eigenvalue weighted by Crippen LogP contribution is -2.39. The molecule has 3 heteroatoms. The topological polar surface area (TPSA) is 38.0 Å². The van der Waals surface area contributed by atoms with Crippen molar-refractivity contribution in [3.05, 3.63) is 0 Å². The minimum atomic E-state index is 0.429. The van der Waals surface area contributed by atoms with E-state index in [4.69, 9.17) is 17.4 Å². The van der Waals surface area contributed by atoms with E-state index in [1.807, 2.05) is 0 Å². The fourth-order valence-electron chi connectivity index (χ4n) is 1.11. The van der Waals surface area contributed by atoms with Crippen LogP contribution in [0.2, 0.25) is 0 Å². The van der Waals surface area contributed by atoms with Gasteiger partial charge in [-0.15, -0.1) is 11.6 Å². The molecule has 0 saturated heterocycles. The first kappa shape index (κ1) is 11.2. The van der Waals surface area contributed by atoms with Crippen molar-refractivity contribution in [2.75, 3.05) is 5.88 Å². The Kier molecular flexibility index (Phi) is 7.02. The lowest BCUT2D eigenvalue weighted by molar-refractivity contribution is 0.351. The van der Waals surface area contributed by atoms with Crippen molar-refractivity contribution in [2.24, 2.45) is 11.8 Å². The lowest BCUT2D eigenvalue weighted by atomic mass is 9.96. The monoisotopic (exact) mass is 178 g/mol. The van der Waals surface area contributed by atoms with E-state index in [1.54, 1.807) is 0 Å². The summed E-state index contributed by atoms with van der Waals surface area (Å²) < 4.78 is 0. The summed E-state index contributed by atoms with van der Waals surface area (Å²) >= 11 is 5.58. The smallest absolute Gasteiger partial charge is 0.0236 e. The SMILES string of the molecule is CCC(C)C(CCCCl)NN. The molecule has 0 rings (SSSR count). The summed E-state index contributed by atoms with van der Waals surface area (Å²) in [6, 6.07) is 0.429. The Morgan fingerprint density at radius 3 is 2.55 bits per heavy atom. The van der Waals surface area contributed by atoms with Crippen molar-refractivity contribution in [1.29, 1.82) is 0 Å². The molecule has 2 nitrogen and oxygen atoms in total. The molecule has 2 unspecified atom stereocenters. The van der Waals surface area contributed by atoms with E-state index in [2.05, 4.69) is 19.3 Å². The highest BCUT2D eigenvalue weighted by atomic mass is 35.5. The summed E-state index contributed by atoms with van der Waals surface area (Å²) in [5, 5.41) is 0. The predicted octanol–water partition coefficient (Wildman–Crippen LogP) is 1.88. The number of hydrogen-bond acceptors (Lipinski definition) is 2. The number of nitrogens with one attached hydrogen (secondary N) is 1. The summed E-state index contributed by atoms with van der Waals surface area (Å²) in [5.74, 6) is 6.77. The summed E-state index contributed by atoms with van der Waals surface area (Å²) in [6.07, 6.45) is 3.28. The van der Waals surface area contributed by atoms with Crippen LogP contribution in [0, 0.1) is 5.92 Å². The fraction of sp³-hybridized carbons (Fsp3) is 1.00. The van der Waals surface area contributed by atoms with Crippen molar-refractivity contribution < 1.29 is 0 Å². The largest absolute Gasteiger partial charge is 0.271 e. The van der Waals surface area contributed by atoms with Crippen LogP contribution in [0.25, 0.3) is 0 Å². The van der Waals surface area contributed by atoms with Gasteiger partial charge in [0.1, 0.15) is 0 Å². The molecule has 0 aliphatic rings. The van der Waals surface area contributed by atoms with Crippen LogP contribution in [-0.4, -0.2) is 11.9 Å². The van der Waals surface area contributed by atoms with E-state index in [-0.39, 0.29) is 0 Å². The van der Waals surface area contributed by atoms with Crippen LogP contribution in [0.15, 0.2) is 0 Å². The number of rotatable bonds is 6. The molecule has 0 radical (unpaired) electrons. The maximum atomic E-state index is 5.58. The van der Waals surface area contributed by atoms with Gasteiger partial charge in [-0.05, 0) is 18.8 Å². The van der Waals surface area contributed by atoms with Crippen molar-refractivity contribution in [3.8, 4) is 0 Å². The molecule has 0 aliphatic carbocycles. The molecule has 2 atom stereocenters. The molecule has 0 aromatic rings. The van der Waals surface area contributed by atoms with Gasteiger partial charge in [0.2, 0.25) is 0 Å². The molecule has 68 valence electrons. The normalized spacial score (nSPS) is 16.4. The van der Waals surface area contributed by atoms with Crippen LogP contribution >= 0.6 is 11.6 Å². The van der Waals surface area contributed by atoms with Crippen molar-refractivity contribution in [3.63, 3.8) is 0 Å². The molecule has 0 aliphatic heterocycles. The Balaban J connectivity index is 3.56. The number of nitrogens with two attached hydrogens (primary N) is 1. The standard InChI is InChI=1S/C8H19ClN2/c1-3-7(2)8(11-10)5-4-6-9/h7-8,11H,3-6,10H2,1-2H3. The molecule has 0 saturated carbocycles. The first-order valence-corrected chi connectivity index (χ1v) is 4.81. The van der Waals surface area contributed by atoms with Crippen LogP contribution in [0.1, 0.15) is 33.1 Å². The number of halogens is 1. The molecular weight excluding hydrogens is 160 g/mol. The Labute approximate surface area is 74.5 Å². The molecule has 0 heterocycles. The zero-order chi connectivity index (χ0) is 8.69. The van der Waals surface area contributed by atoms with E-state index in [0.29, 0.717) is 12.0 Å². The van der Waals surface area contributed by atoms with E-state index in [9.17, 15) is 0 Å². The third kappa shape index (κ3) is 4.62. The molecule has 0 fully saturated rings. The van der Waals surface area contributed by atoms with E-state index < -0.39 is 0 Å². The van der Waals surface area contributed by atoms with Crippen LogP contribution in [0.3, 0.4) is 0 Å². The van der Waals surface area contributed by atoms with Gasteiger partial charge < -0.3 is 0 Å². The van der Waals surface area contributed by atoms with Gasteiger partial charge >= 0.3 is 0 Å². The Morgan fingerprint density at radius 2 is 2.18 bits per heavy atom. The molecule has 0 aromatic carbocycles. The summed E-state index contributed by atoms with van der Waals surface area (Å²) in [6.45, 7) is 4.38. The van der Waals surface area contributed by atoms with Crippen LogP contribution < -0.4 is 11.3 Å². The van der Waals surface area contributed by atoms with Crippen LogP contribution in [0.5, 0.6) is 0 Å². The second kappa shape index (κ2) is 6.89. The first-order chi connectivity index (χ1) is 5.26. The third-order valence-electron chi connectivity index (χ3n) is 2.19. The quantitative estimate of drug-likeness (QED) is 0.370. The average molecular weight is 179 g/mol. The van der Waals surface area contributed by atoms with Gasteiger partial charge in [-0.2, -0.15) is 0 Å². The van der Waals surface area contributed by atoms with E-state index in [1.165, 1.54) is 0 Å². The van der Waals surface area contributed by atoms with Gasteiger partial charge in [0.25, 0.3) is 0 Å². The van der Waals surface area contributed by atoms with Crippen LogP contribution in [-0.2, 0) is 0 Å². The van der Waals surface area contributed by atoms with Crippen molar-refractivity contribution in [1.82, 2.24) is 5.43 Å². The van der Waals surface area contributed by atoms with E-state index in [0.717, 1.165) is 25.1 Å². The maximum Gasteiger partial charge on any atom is 0.0236 e. The van der Waals surface area contributed by atoms with E-state index >= 15 is 0 Å². The third-order valence-corrected chi connectivity index (χ3v) is 2.46. The highest BCUT2D eigenvalue weighted by molar-refractivity contribution is 6.17. The number of hydrazine groups is 1. The van der Waals surface area contributed by atoms with Crippen molar-refractivity contribution >= 4 is 11.6 Å². The zero-order valence-corrected chi connectivity index (χ0v) is 8.19. The second-order valence-corrected chi connectivity index (χ2v) is 3.37. The Morgan fingerprint density at radius 1 is 1.55 bits per heavy atom. The zero-order valence-electron chi connectivity index (χ0n) is 7.44. The first-order valence-electron chi connectivity index (χ1n) is 4.28. The maximum absolute atomic E-state index is 5.58. The highest BCUT2D eigenvalue weighted by Crippen LogP contribution is 2.11. The lowest BCUT2D eigenvalue weighted by Gasteiger charge is -2.21. The minimum Gasteiger partial charge on any atom is -0.271 e. The van der Waals surface area contributed by atoms with Gasteiger partial charge in [0.05, 0.1) is 0 Å². The molecule has 0 aromatic heterocycles.